The fraction of sp³-hybridized carbons (Fsp3) is 0.100. The van der Waals surface area contributed by atoms with Gasteiger partial charge in [0.15, 0.2) is 5.78 Å². The second-order valence-corrected chi connectivity index (χ2v) is 5.49. The number of rotatable bonds is 4. The van der Waals surface area contributed by atoms with Crippen LogP contribution in [0.1, 0.15) is 27.6 Å². The lowest BCUT2D eigenvalue weighted by Crippen LogP contribution is -2.13. The summed E-state index contributed by atoms with van der Waals surface area (Å²) in [5.41, 5.74) is 1.57. The van der Waals surface area contributed by atoms with Crippen LogP contribution in [0.4, 0.5) is 5.69 Å². The van der Waals surface area contributed by atoms with Crippen molar-refractivity contribution in [3.05, 3.63) is 71.8 Å². The molecule has 0 aliphatic rings. The van der Waals surface area contributed by atoms with E-state index in [-0.39, 0.29) is 11.7 Å². The molecule has 4 nitrogen and oxygen atoms in total. The highest BCUT2D eigenvalue weighted by Gasteiger charge is 2.14. The standard InChI is InChI=1S/C20H17NO3/c1-13(22)14-8-5-9-17(10-14)21-20(23)18-11-15-6-3-4-7-16(15)12-19(18)24-2/h3-12H,1-2H3,(H,21,23). The molecule has 120 valence electrons. The minimum Gasteiger partial charge on any atom is -0.496 e. The first-order valence-corrected chi connectivity index (χ1v) is 7.57. The molecule has 3 aromatic carbocycles. The molecule has 0 bridgehead atoms. The van der Waals surface area contributed by atoms with Gasteiger partial charge in [-0.2, -0.15) is 0 Å². The van der Waals surface area contributed by atoms with E-state index in [4.69, 9.17) is 4.74 Å². The highest BCUT2D eigenvalue weighted by atomic mass is 16.5. The Balaban J connectivity index is 1.96. The van der Waals surface area contributed by atoms with Crippen molar-refractivity contribution in [2.24, 2.45) is 0 Å². The second kappa shape index (κ2) is 6.54. The molecule has 0 unspecified atom stereocenters. The minimum absolute atomic E-state index is 0.0469. The summed E-state index contributed by atoms with van der Waals surface area (Å²) in [4.78, 5) is 24.1. The van der Waals surface area contributed by atoms with E-state index in [0.717, 1.165) is 10.8 Å². The van der Waals surface area contributed by atoms with Crippen molar-refractivity contribution in [2.75, 3.05) is 12.4 Å². The van der Waals surface area contributed by atoms with E-state index in [0.29, 0.717) is 22.6 Å². The number of nitrogens with one attached hydrogen (secondary N) is 1. The summed E-state index contributed by atoms with van der Waals surface area (Å²) < 4.78 is 5.36. The SMILES string of the molecule is COc1cc2ccccc2cc1C(=O)Nc1cccc(C(C)=O)c1. The van der Waals surface area contributed by atoms with E-state index in [1.54, 1.807) is 30.3 Å². The predicted octanol–water partition coefficient (Wildman–Crippen LogP) is 4.30. The Labute approximate surface area is 140 Å². The van der Waals surface area contributed by atoms with E-state index in [1.165, 1.54) is 14.0 Å². The number of benzene rings is 3. The van der Waals surface area contributed by atoms with Crippen LogP contribution in [-0.2, 0) is 0 Å². The smallest absolute Gasteiger partial charge is 0.259 e. The summed E-state index contributed by atoms with van der Waals surface area (Å²) in [6, 6.07) is 18.3. The number of carbonyl (C=O) groups excluding carboxylic acids is 2. The van der Waals surface area contributed by atoms with Crippen LogP contribution in [0.5, 0.6) is 5.75 Å². The third-order valence-corrected chi connectivity index (χ3v) is 3.84. The zero-order valence-corrected chi connectivity index (χ0v) is 13.5. The molecule has 0 spiro atoms. The number of hydrogen-bond acceptors (Lipinski definition) is 3. The molecule has 0 radical (unpaired) electrons. The molecule has 0 saturated heterocycles. The van der Waals surface area contributed by atoms with Gasteiger partial charge in [0, 0.05) is 11.3 Å². The second-order valence-electron chi connectivity index (χ2n) is 5.49. The van der Waals surface area contributed by atoms with Crippen molar-refractivity contribution in [2.45, 2.75) is 6.92 Å². The van der Waals surface area contributed by atoms with Crippen LogP contribution in [0.2, 0.25) is 0 Å². The topological polar surface area (TPSA) is 55.4 Å². The molecule has 3 rings (SSSR count). The van der Waals surface area contributed by atoms with Crippen LogP contribution in [0, 0.1) is 0 Å². The van der Waals surface area contributed by atoms with Crippen molar-refractivity contribution in [1.82, 2.24) is 0 Å². The maximum Gasteiger partial charge on any atom is 0.259 e. The van der Waals surface area contributed by atoms with Crippen molar-refractivity contribution >= 4 is 28.2 Å². The largest absolute Gasteiger partial charge is 0.496 e. The van der Waals surface area contributed by atoms with Crippen molar-refractivity contribution in [3.63, 3.8) is 0 Å². The van der Waals surface area contributed by atoms with Gasteiger partial charge in [0.1, 0.15) is 5.75 Å². The first-order valence-electron chi connectivity index (χ1n) is 7.57. The van der Waals surface area contributed by atoms with E-state index >= 15 is 0 Å². The quantitative estimate of drug-likeness (QED) is 0.729. The molecule has 1 N–H and O–H groups in total. The summed E-state index contributed by atoms with van der Waals surface area (Å²) in [5.74, 6) is 0.182. The number of hydrogen-bond donors (Lipinski definition) is 1. The summed E-state index contributed by atoms with van der Waals surface area (Å²) in [6.45, 7) is 1.49. The fourth-order valence-electron chi connectivity index (χ4n) is 2.58. The van der Waals surface area contributed by atoms with E-state index in [1.807, 2.05) is 30.3 Å². The first-order chi connectivity index (χ1) is 11.6. The Bertz CT molecular complexity index is 931. The Morgan fingerprint density at radius 2 is 1.62 bits per heavy atom. The molecule has 0 saturated carbocycles. The highest BCUT2D eigenvalue weighted by Crippen LogP contribution is 2.27. The van der Waals surface area contributed by atoms with E-state index < -0.39 is 0 Å². The van der Waals surface area contributed by atoms with Crippen LogP contribution in [0.25, 0.3) is 10.8 Å². The van der Waals surface area contributed by atoms with Crippen LogP contribution in [0.3, 0.4) is 0 Å². The zero-order valence-electron chi connectivity index (χ0n) is 13.5. The number of ether oxygens (including phenoxy) is 1. The number of ketones is 1. The van der Waals surface area contributed by atoms with Gasteiger partial charge in [0.2, 0.25) is 0 Å². The van der Waals surface area contributed by atoms with Gasteiger partial charge in [-0.15, -0.1) is 0 Å². The molecule has 0 aliphatic carbocycles. The number of Topliss-reactive ketones (excluding diaryl/α,β-unsaturated/α-hetero) is 1. The summed E-state index contributed by atoms with van der Waals surface area (Å²) in [7, 11) is 1.54. The molecule has 0 atom stereocenters. The third kappa shape index (κ3) is 3.13. The Morgan fingerprint density at radius 3 is 2.29 bits per heavy atom. The molecule has 0 aromatic heterocycles. The average molecular weight is 319 g/mol. The van der Waals surface area contributed by atoms with Gasteiger partial charge in [0.25, 0.3) is 5.91 Å². The third-order valence-electron chi connectivity index (χ3n) is 3.84. The molecular formula is C20H17NO3. The van der Waals surface area contributed by atoms with E-state index in [2.05, 4.69) is 5.32 Å². The van der Waals surface area contributed by atoms with Crippen LogP contribution in [0.15, 0.2) is 60.7 Å². The number of carbonyl (C=O) groups is 2. The first kappa shape index (κ1) is 15.7. The van der Waals surface area contributed by atoms with Gasteiger partial charge >= 0.3 is 0 Å². The molecule has 0 aliphatic heterocycles. The Kier molecular flexibility index (Phi) is 4.29. The van der Waals surface area contributed by atoms with Gasteiger partial charge in [-0.25, -0.2) is 0 Å². The van der Waals surface area contributed by atoms with Gasteiger partial charge in [-0.1, -0.05) is 36.4 Å². The maximum absolute atomic E-state index is 12.6. The molecular weight excluding hydrogens is 302 g/mol. The van der Waals surface area contributed by atoms with Gasteiger partial charge < -0.3 is 10.1 Å². The molecule has 0 heterocycles. The Morgan fingerprint density at radius 1 is 0.917 bits per heavy atom. The summed E-state index contributed by atoms with van der Waals surface area (Å²) >= 11 is 0. The van der Waals surface area contributed by atoms with Gasteiger partial charge in [-0.3, -0.25) is 9.59 Å². The lowest BCUT2D eigenvalue weighted by atomic mass is 10.0. The zero-order chi connectivity index (χ0) is 17.1. The van der Waals surface area contributed by atoms with Gasteiger partial charge in [-0.05, 0) is 42.0 Å². The summed E-state index contributed by atoms with van der Waals surface area (Å²) in [6.07, 6.45) is 0. The molecule has 24 heavy (non-hydrogen) atoms. The number of amides is 1. The lowest BCUT2D eigenvalue weighted by molar-refractivity contribution is 0.101. The fourth-order valence-corrected chi connectivity index (χ4v) is 2.58. The number of fused-ring (bicyclic) bond motifs is 1. The molecule has 3 aromatic rings. The predicted molar refractivity (Wildman–Crippen MR) is 94.9 cm³/mol. The molecule has 4 heteroatoms. The van der Waals surface area contributed by atoms with Crippen molar-refractivity contribution < 1.29 is 14.3 Å². The van der Waals surface area contributed by atoms with Crippen LogP contribution in [-0.4, -0.2) is 18.8 Å². The van der Waals surface area contributed by atoms with E-state index in [9.17, 15) is 9.59 Å². The lowest BCUT2D eigenvalue weighted by Gasteiger charge is -2.11. The van der Waals surface area contributed by atoms with Crippen LogP contribution >= 0.6 is 0 Å². The van der Waals surface area contributed by atoms with Gasteiger partial charge in [0.05, 0.1) is 12.7 Å². The Hall–Kier alpha value is -3.14. The monoisotopic (exact) mass is 319 g/mol. The summed E-state index contributed by atoms with van der Waals surface area (Å²) in [5, 5.41) is 4.79. The minimum atomic E-state index is -0.279. The normalized spacial score (nSPS) is 10.4. The van der Waals surface area contributed by atoms with Crippen molar-refractivity contribution in [1.29, 1.82) is 0 Å². The van der Waals surface area contributed by atoms with Crippen LogP contribution < -0.4 is 10.1 Å². The number of methoxy groups -OCH3 is 1. The number of anilines is 1. The molecule has 1 amide bonds. The maximum atomic E-state index is 12.6. The molecule has 0 fully saturated rings. The average Bonchev–Trinajstić information content (AvgIpc) is 2.60. The highest BCUT2D eigenvalue weighted by molar-refractivity contribution is 6.09. The van der Waals surface area contributed by atoms with Crippen molar-refractivity contribution in [3.8, 4) is 5.75 Å².